The predicted molar refractivity (Wildman–Crippen MR) is 76.7 cm³/mol. The number of nitrogens with two attached hydrogens (primary N) is 1. The first kappa shape index (κ1) is 11.4. The van der Waals surface area contributed by atoms with E-state index in [1.807, 2.05) is 37.4 Å². The van der Waals surface area contributed by atoms with Crippen molar-refractivity contribution in [2.45, 2.75) is 0 Å². The van der Waals surface area contributed by atoms with Crippen LogP contribution in [0, 0.1) is 0 Å². The highest BCUT2D eigenvalue weighted by atomic mass is 15.0. The molecular weight excluding hydrogens is 238 g/mol. The number of benzene rings is 1. The summed E-state index contributed by atoms with van der Waals surface area (Å²) in [5.41, 5.74) is 8.24. The number of nitrogens with zero attached hydrogens (tertiary/aromatic N) is 3. The molecule has 3 aromatic rings. The van der Waals surface area contributed by atoms with Crippen LogP contribution in [-0.2, 0) is 0 Å². The molecule has 0 unspecified atom stereocenters. The Kier molecular flexibility index (Phi) is 2.72. The molecule has 3 rings (SSSR count). The molecule has 3 N–H and O–H groups in total. The van der Waals surface area contributed by atoms with Crippen molar-refractivity contribution in [1.82, 2.24) is 15.0 Å². The molecule has 0 aliphatic carbocycles. The molecule has 2 heterocycles. The van der Waals surface area contributed by atoms with Gasteiger partial charge in [0.25, 0.3) is 0 Å². The quantitative estimate of drug-likeness (QED) is 0.683. The van der Waals surface area contributed by atoms with E-state index < -0.39 is 0 Å². The minimum absolute atomic E-state index is 0.648. The molecule has 0 aliphatic heterocycles. The van der Waals surface area contributed by atoms with Crippen LogP contribution in [0.2, 0.25) is 0 Å². The van der Waals surface area contributed by atoms with Gasteiger partial charge >= 0.3 is 0 Å². The molecule has 0 atom stereocenters. The highest BCUT2D eigenvalue weighted by Crippen LogP contribution is 2.25. The summed E-state index contributed by atoms with van der Waals surface area (Å²) in [4.78, 5) is 13.2. The van der Waals surface area contributed by atoms with Crippen molar-refractivity contribution < 1.29 is 0 Å². The van der Waals surface area contributed by atoms with E-state index in [0.717, 1.165) is 22.3 Å². The first-order valence-electron chi connectivity index (χ1n) is 5.93. The van der Waals surface area contributed by atoms with Gasteiger partial charge in [-0.3, -0.25) is 4.98 Å². The van der Waals surface area contributed by atoms with Crippen molar-refractivity contribution in [3.05, 3.63) is 42.7 Å². The Balaban J connectivity index is 2.26. The summed E-state index contributed by atoms with van der Waals surface area (Å²) in [6, 6.07) is 9.40. The van der Waals surface area contributed by atoms with Crippen LogP contribution in [0.25, 0.3) is 22.3 Å². The van der Waals surface area contributed by atoms with E-state index in [4.69, 9.17) is 5.73 Å². The van der Waals surface area contributed by atoms with Gasteiger partial charge in [0.15, 0.2) is 5.82 Å². The molecule has 1 aromatic carbocycles. The van der Waals surface area contributed by atoms with Crippen molar-refractivity contribution in [2.75, 3.05) is 18.1 Å². The summed E-state index contributed by atoms with van der Waals surface area (Å²) < 4.78 is 0. The third-order valence-corrected chi connectivity index (χ3v) is 2.88. The van der Waals surface area contributed by atoms with E-state index in [0.29, 0.717) is 11.5 Å². The molecular formula is C14H13N5. The lowest BCUT2D eigenvalue weighted by Gasteiger charge is -2.08. The first-order chi connectivity index (χ1) is 9.28. The van der Waals surface area contributed by atoms with Crippen molar-refractivity contribution in [3.63, 3.8) is 0 Å². The van der Waals surface area contributed by atoms with E-state index in [9.17, 15) is 0 Å². The maximum absolute atomic E-state index is 5.80. The molecule has 19 heavy (non-hydrogen) atoms. The molecule has 0 fully saturated rings. The summed E-state index contributed by atoms with van der Waals surface area (Å²) in [5, 5.41) is 3.99. The lowest BCUT2D eigenvalue weighted by atomic mass is 10.2. The van der Waals surface area contributed by atoms with Crippen LogP contribution in [-0.4, -0.2) is 22.0 Å². The average Bonchev–Trinajstić information content (AvgIpc) is 2.47. The fourth-order valence-corrected chi connectivity index (χ4v) is 1.96. The number of nitrogen functional groups attached to an aromatic ring is 1. The van der Waals surface area contributed by atoms with Gasteiger partial charge in [-0.25, -0.2) is 9.97 Å². The van der Waals surface area contributed by atoms with E-state index in [1.165, 1.54) is 0 Å². The second kappa shape index (κ2) is 4.53. The Bertz CT molecular complexity index is 724. The van der Waals surface area contributed by atoms with E-state index in [2.05, 4.69) is 20.3 Å². The topological polar surface area (TPSA) is 76.7 Å². The molecule has 0 bridgehead atoms. The van der Waals surface area contributed by atoms with Gasteiger partial charge in [0, 0.05) is 36.1 Å². The minimum Gasteiger partial charge on any atom is -0.399 e. The number of hydrogen-bond acceptors (Lipinski definition) is 5. The summed E-state index contributed by atoms with van der Waals surface area (Å²) in [6.07, 6.45) is 3.47. The van der Waals surface area contributed by atoms with Crippen molar-refractivity contribution in [3.8, 4) is 11.4 Å². The van der Waals surface area contributed by atoms with E-state index in [-0.39, 0.29) is 0 Å². The number of hydrogen-bond donors (Lipinski definition) is 2. The first-order valence-corrected chi connectivity index (χ1v) is 5.93. The zero-order valence-electron chi connectivity index (χ0n) is 10.5. The Hall–Kier alpha value is -2.69. The van der Waals surface area contributed by atoms with Gasteiger partial charge < -0.3 is 11.1 Å². The smallest absolute Gasteiger partial charge is 0.163 e. The van der Waals surface area contributed by atoms with Gasteiger partial charge in [-0.2, -0.15) is 0 Å². The van der Waals surface area contributed by atoms with Gasteiger partial charge in [-0.1, -0.05) is 0 Å². The highest BCUT2D eigenvalue weighted by molar-refractivity contribution is 5.92. The number of nitrogens with one attached hydrogen (secondary N) is 1. The second-order valence-electron chi connectivity index (χ2n) is 4.16. The molecule has 0 radical (unpaired) electrons. The van der Waals surface area contributed by atoms with Crippen molar-refractivity contribution in [2.24, 2.45) is 0 Å². The third-order valence-electron chi connectivity index (χ3n) is 2.88. The molecule has 0 saturated carbocycles. The van der Waals surface area contributed by atoms with Gasteiger partial charge in [0.05, 0.1) is 5.52 Å². The summed E-state index contributed by atoms with van der Waals surface area (Å²) in [6.45, 7) is 0. The number of rotatable bonds is 2. The van der Waals surface area contributed by atoms with Crippen LogP contribution in [0.5, 0.6) is 0 Å². The maximum atomic E-state index is 5.80. The third kappa shape index (κ3) is 2.06. The molecule has 0 amide bonds. The Labute approximate surface area is 110 Å². The van der Waals surface area contributed by atoms with E-state index in [1.54, 1.807) is 12.4 Å². The van der Waals surface area contributed by atoms with Crippen LogP contribution in [0.15, 0.2) is 42.7 Å². The largest absolute Gasteiger partial charge is 0.399 e. The highest BCUT2D eigenvalue weighted by Gasteiger charge is 2.08. The normalized spacial score (nSPS) is 10.6. The van der Waals surface area contributed by atoms with Crippen LogP contribution in [0.3, 0.4) is 0 Å². The standard InChI is InChI=1S/C14H13N5/c1-16-14-11-7-10(15)4-5-12(11)18-13(19-14)9-3-2-6-17-8-9/h2-8H,15H2,1H3,(H,16,18,19). The van der Waals surface area contributed by atoms with Gasteiger partial charge in [-0.05, 0) is 30.3 Å². The molecule has 5 nitrogen and oxygen atoms in total. The zero-order valence-corrected chi connectivity index (χ0v) is 10.5. The van der Waals surface area contributed by atoms with Crippen LogP contribution in [0.1, 0.15) is 0 Å². The second-order valence-corrected chi connectivity index (χ2v) is 4.16. The number of anilines is 2. The van der Waals surface area contributed by atoms with Crippen LogP contribution in [0.4, 0.5) is 11.5 Å². The SMILES string of the molecule is CNc1nc(-c2cccnc2)nc2ccc(N)cc12. The molecule has 2 aromatic heterocycles. The van der Waals surface area contributed by atoms with Crippen molar-refractivity contribution >= 4 is 22.4 Å². The molecule has 94 valence electrons. The molecule has 5 heteroatoms. The van der Waals surface area contributed by atoms with Gasteiger partial charge in [0.1, 0.15) is 5.82 Å². The monoisotopic (exact) mass is 251 g/mol. The fourth-order valence-electron chi connectivity index (χ4n) is 1.96. The number of pyridine rings is 1. The molecule has 0 aliphatic rings. The molecule has 0 spiro atoms. The summed E-state index contributed by atoms with van der Waals surface area (Å²) in [7, 11) is 1.83. The average molecular weight is 251 g/mol. The molecule has 0 saturated heterocycles. The van der Waals surface area contributed by atoms with Gasteiger partial charge in [0.2, 0.25) is 0 Å². The minimum atomic E-state index is 0.648. The lowest BCUT2D eigenvalue weighted by molar-refractivity contribution is 1.20. The fraction of sp³-hybridized carbons (Fsp3) is 0.0714. The van der Waals surface area contributed by atoms with Crippen LogP contribution >= 0.6 is 0 Å². The number of aromatic nitrogens is 3. The summed E-state index contributed by atoms with van der Waals surface area (Å²) >= 11 is 0. The van der Waals surface area contributed by atoms with Crippen LogP contribution < -0.4 is 11.1 Å². The van der Waals surface area contributed by atoms with Gasteiger partial charge in [-0.15, -0.1) is 0 Å². The van der Waals surface area contributed by atoms with E-state index >= 15 is 0 Å². The predicted octanol–water partition coefficient (Wildman–Crippen LogP) is 2.32. The lowest BCUT2D eigenvalue weighted by Crippen LogP contribution is -1.99. The Morgan fingerprint density at radius 2 is 2.05 bits per heavy atom. The Morgan fingerprint density at radius 1 is 1.16 bits per heavy atom. The number of fused-ring (bicyclic) bond motifs is 1. The maximum Gasteiger partial charge on any atom is 0.163 e. The van der Waals surface area contributed by atoms with Crippen molar-refractivity contribution in [1.29, 1.82) is 0 Å². The zero-order chi connectivity index (χ0) is 13.2. The summed E-state index contributed by atoms with van der Waals surface area (Å²) in [5.74, 6) is 1.41. The Morgan fingerprint density at radius 3 is 2.79 bits per heavy atom.